The summed E-state index contributed by atoms with van der Waals surface area (Å²) in [6.45, 7) is 0. The fourth-order valence-electron chi connectivity index (χ4n) is 2.34. The SMILES string of the molecule is O=C(CCCCl)Cc1ccccc1NC(=O)Cc1ccccc1. The summed E-state index contributed by atoms with van der Waals surface area (Å²) < 4.78 is 0. The lowest BCUT2D eigenvalue weighted by atomic mass is 10.0. The molecule has 4 heteroatoms. The van der Waals surface area contributed by atoms with Gasteiger partial charge in [0.1, 0.15) is 5.78 Å². The lowest BCUT2D eigenvalue weighted by Crippen LogP contribution is -2.16. The number of alkyl halides is 1. The molecule has 0 spiro atoms. The molecule has 0 aliphatic carbocycles. The lowest BCUT2D eigenvalue weighted by molar-refractivity contribution is -0.118. The van der Waals surface area contributed by atoms with E-state index < -0.39 is 0 Å². The number of anilines is 1. The molecule has 0 bridgehead atoms. The highest BCUT2D eigenvalue weighted by Crippen LogP contribution is 2.17. The van der Waals surface area contributed by atoms with E-state index in [0.717, 1.165) is 11.1 Å². The van der Waals surface area contributed by atoms with Crippen LogP contribution >= 0.6 is 11.6 Å². The fourth-order valence-corrected chi connectivity index (χ4v) is 2.47. The van der Waals surface area contributed by atoms with Crippen molar-refractivity contribution in [1.29, 1.82) is 0 Å². The van der Waals surface area contributed by atoms with Crippen LogP contribution < -0.4 is 5.32 Å². The number of nitrogens with one attached hydrogen (secondary N) is 1. The van der Waals surface area contributed by atoms with Crippen molar-refractivity contribution in [3.05, 3.63) is 65.7 Å². The first kappa shape index (κ1) is 17.2. The van der Waals surface area contributed by atoms with Crippen LogP contribution in [0.4, 0.5) is 5.69 Å². The minimum Gasteiger partial charge on any atom is -0.326 e. The maximum absolute atomic E-state index is 12.2. The van der Waals surface area contributed by atoms with Crippen LogP contribution in [0, 0.1) is 0 Å². The Morgan fingerprint density at radius 3 is 2.35 bits per heavy atom. The first-order valence-corrected chi connectivity index (χ1v) is 8.22. The van der Waals surface area contributed by atoms with Gasteiger partial charge in [-0.1, -0.05) is 48.5 Å². The quantitative estimate of drug-likeness (QED) is 0.744. The van der Waals surface area contributed by atoms with Crippen molar-refractivity contribution < 1.29 is 9.59 Å². The molecule has 0 heterocycles. The molecule has 0 saturated heterocycles. The molecule has 120 valence electrons. The highest BCUT2D eigenvalue weighted by atomic mass is 35.5. The Kier molecular flexibility index (Phi) is 6.82. The predicted molar refractivity (Wildman–Crippen MR) is 93.9 cm³/mol. The van der Waals surface area contributed by atoms with E-state index in [9.17, 15) is 9.59 Å². The number of benzene rings is 2. The maximum Gasteiger partial charge on any atom is 0.228 e. The van der Waals surface area contributed by atoms with Crippen LogP contribution in [0.2, 0.25) is 0 Å². The molecule has 0 aromatic heterocycles. The third-order valence-corrected chi connectivity index (χ3v) is 3.74. The van der Waals surface area contributed by atoms with E-state index in [-0.39, 0.29) is 11.7 Å². The Labute approximate surface area is 141 Å². The van der Waals surface area contributed by atoms with Crippen LogP contribution in [0.1, 0.15) is 24.0 Å². The van der Waals surface area contributed by atoms with Gasteiger partial charge in [-0.15, -0.1) is 11.6 Å². The first-order chi connectivity index (χ1) is 11.2. The van der Waals surface area contributed by atoms with Gasteiger partial charge >= 0.3 is 0 Å². The number of rotatable bonds is 8. The number of ketones is 1. The van der Waals surface area contributed by atoms with Gasteiger partial charge in [0.05, 0.1) is 6.42 Å². The van der Waals surface area contributed by atoms with Gasteiger partial charge in [-0.2, -0.15) is 0 Å². The third-order valence-electron chi connectivity index (χ3n) is 3.48. The monoisotopic (exact) mass is 329 g/mol. The minimum atomic E-state index is -0.0862. The highest BCUT2D eigenvalue weighted by molar-refractivity contribution is 6.17. The van der Waals surface area contributed by atoms with E-state index in [4.69, 9.17) is 11.6 Å². The van der Waals surface area contributed by atoms with Gasteiger partial charge in [-0.05, 0) is 23.6 Å². The summed E-state index contributed by atoms with van der Waals surface area (Å²) in [6.07, 6.45) is 1.78. The van der Waals surface area contributed by atoms with Gasteiger partial charge in [0.2, 0.25) is 5.91 Å². The van der Waals surface area contributed by atoms with Gasteiger partial charge in [0.25, 0.3) is 0 Å². The molecule has 0 fully saturated rings. The molecule has 0 radical (unpaired) electrons. The normalized spacial score (nSPS) is 10.3. The zero-order valence-electron chi connectivity index (χ0n) is 12.9. The average Bonchev–Trinajstić information content (AvgIpc) is 2.55. The summed E-state index contributed by atoms with van der Waals surface area (Å²) in [5, 5.41) is 2.90. The summed E-state index contributed by atoms with van der Waals surface area (Å²) in [6, 6.07) is 17.0. The molecule has 0 aliphatic rings. The third kappa shape index (κ3) is 5.87. The molecule has 0 atom stereocenters. The minimum absolute atomic E-state index is 0.0862. The molecule has 1 N–H and O–H groups in total. The topological polar surface area (TPSA) is 46.2 Å². The van der Waals surface area contributed by atoms with Crippen molar-refractivity contribution in [2.45, 2.75) is 25.7 Å². The van der Waals surface area contributed by atoms with Crippen molar-refractivity contribution >= 4 is 29.0 Å². The van der Waals surface area contributed by atoms with Crippen molar-refractivity contribution in [3.8, 4) is 0 Å². The van der Waals surface area contributed by atoms with Gasteiger partial charge in [0.15, 0.2) is 0 Å². The summed E-state index contributed by atoms with van der Waals surface area (Å²) in [5.74, 6) is 0.536. The number of Topliss-reactive ketones (excluding diaryl/α,β-unsaturated/α-hetero) is 1. The molecule has 2 aromatic carbocycles. The molecule has 2 rings (SSSR count). The number of para-hydroxylation sites is 1. The Morgan fingerprint density at radius 2 is 1.61 bits per heavy atom. The molecular formula is C19H20ClNO2. The predicted octanol–water partition coefficient (Wildman–Crippen LogP) is 4.00. The molecular weight excluding hydrogens is 310 g/mol. The van der Waals surface area contributed by atoms with E-state index in [2.05, 4.69) is 5.32 Å². The van der Waals surface area contributed by atoms with Crippen molar-refractivity contribution in [2.75, 3.05) is 11.2 Å². The molecule has 0 unspecified atom stereocenters. The second kappa shape index (κ2) is 9.11. The first-order valence-electron chi connectivity index (χ1n) is 7.68. The standard InChI is InChI=1S/C19H20ClNO2/c20-12-6-10-17(22)14-16-9-4-5-11-18(16)21-19(23)13-15-7-2-1-3-8-15/h1-5,7-9,11H,6,10,12-14H2,(H,21,23). The molecule has 0 saturated carbocycles. The second-order valence-electron chi connectivity index (χ2n) is 5.38. The average molecular weight is 330 g/mol. The van der Waals surface area contributed by atoms with E-state index in [1.54, 1.807) is 0 Å². The fraction of sp³-hybridized carbons (Fsp3) is 0.263. The summed E-state index contributed by atoms with van der Waals surface area (Å²) in [5.41, 5.74) is 2.50. The Bertz CT molecular complexity index is 655. The number of hydrogen-bond donors (Lipinski definition) is 1. The number of amides is 1. The van der Waals surface area contributed by atoms with Crippen LogP contribution in [-0.2, 0) is 22.4 Å². The molecule has 1 amide bonds. The van der Waals surface area contributed by atoms with Crippen LogP contribution in [0.15, 0.2) is 54.6 Å². The van der Waals surface area contributed by atoms with Crippen LogP contribution in [-0.4, -0.2) is 17.6 Å². The van der Waals surface area contributed by atoms with Gasteiger partial charge < -0.3 is 5.32 Å². The molecule has 23 heavy (non-hydrogen) atoms. The second-order valence-corrected chi connectivity index (χ2v) is 5.75. The number of carbonyl (C=O) groups excluding carboxylic acids is 2. The summed E-state index contributed by atoms with van der Waals surface area (Å²) in [4.78, 5) is 24.1. The zero-order valence-corrected chi connectivity index (χ0v) is 13.7. The van der Waals surface area contributed by atoms with Crippen LogP contribution in [0.25, 0.3) is 0 Å². The molecule has 2 aromatic rings. The lowest BCUT2D eigenvalue weighted by Gasteiger charge is -2.11. The van der Waals surface area contributed by atoms with Crippen molar-refractivity contribution in [2.24, 2.45) is 0 Å². The van der Waals surface area contributed by atoms with Crippen molar-refractivity contribution in [3.63, 3.8) is 0 Å². The van der Waals surface area contributed by atoms with Crippen LogP contribution in [0.3, 0.4) is 0 Å². The maximum atomic E-state index is 12.2. The van der Waals surface area contributed by atoms with Crippen LogP contribution in [0.5, 0.6) is 0 Å². The van der Waals surface area contributed by atoms with Gasteiger partial charge in [-0.3, -0.25) is 9.59 Å². The Balaban J connectivity index is 1.99. The summed E-state index contributed by atoms with van der Waals surface area (Å²) >= 11 is 5.62. The number of hydrogen-bond acceptors (Lipinski definition) is 2. The van der Waals surface area contributed by atoms with Gasteiger partial charge in [-0.25, -0.2) is 0 Å². The number of carbonyl (C=O) groups is 2. The zero-order chi connectivity index (χ0) is 16.5. The molecule has 3 nitrogen and oxygen atoms in total. The Morgan fingerprint density at radius 1 is 0.913 bits per heavy atom. The van der Waals surface area contributed by atoms with E-state index in [1.807, 2.05) is 54.6 Å². The highest BCUT2D eigenvalue weighted by Gasteiger charge is 2.10. The van der Waals surface area contributed by atoms with Gasteiger partial charge in [0, 0.05) is 24.4 Å². The van der Waals surface area contributed by atoms with Crippen molar-refractivity contribution in [1.82, 2.24) is 0 Å². The molecule has 0 aliphatic heterocycles. The number of halogens is 1. The largest absolute Gasteiger partial charge is 0.326 e. The van der Waals surface area contributed by atoms with E-state index in [0.29, 0.717) is 37.3 Å². The van der Waals surface area contributed by atoms with E-state index >= 15 is 0 Å². The Hall–Kier alpha value is -2.13. The smallest absolute Gasteiger partial charge is 0.228 e. The summed E-state index contributed by atoms with van der Waals surface area (Å²) in [7, 11) is 0. The van der Waals surface area contributed by atoms with E-state index in [1.165, 1.54) is 0 Å².